The second-order valence-corrected chi connectivity index (χ2v) is 5.96. The number of anilines is 1. The van der Waals surface area contributed by atoms with Crippen LogP contribution in [0.4, 0.5) is 5.69 Å². The molecule has 0 bridgehead atoms. The molecular weight excluding hydrogens is 270 g/mol. The second kappa shape index (κ2) is 5.47. The third-order valence-electron chi connectivity index (χ3n) is 4.61. The third kappa shape index (κ3) is 2.26. The van der Waals surface area contributed by atoms with Crippen molar-refractivity contribution in [2.24, 2.45) is 0 Å². The average molecular weight is 289 g/mol. The zero-order valence-corrected chi connectivity index (χ0v) is 12.4. The standard InChI is InChI=1S/C20H19NO/c22-20(17-10-5-8-14-6-1-3-9-16(14)17)19-13-12-15-7-2-4-11-18(15)21-19/h1-11,19-22H,12-13H2. The van der Waals surface area contributed by atoms with E-state index in [4.69, 9.17) is 0 Å². The van der Waals surface area contributed by atoms with Crippen LogP contribution < -0.4 is 5.32 Å². The first kappa shape index (κ1) is 13.4. The normalized spacial score (nSPS) is 18.5. The van der Waals surface area contributed by atoms with Crippen LogP contribution in [0, 0.1) is 0 Å². The van der Waals surface area contributed by atoms with Gasteiger partial charge in [0.1, 0.15) is 0 Å². The topological polar surface area (TPSA) is 32.3 Å². The predicted molar refractivity (Wildman–Crippen MR) is 91.1 cm³/mol. The molecule has 0 aromatic heterocycles. The molecule has 0 fully saturated rings. The van der Waals surface area contributed by atoms with Crippen molar-refractivity contribution in [3.8, 4) is 0 Å². The van der Waals surface area contributed by atoms with Gasteiger partial charge < -0.3 is 10.4 Å². The highest BCUT2D eigenvalue weighted by molar-refractivity contribution is 5.86. The van der Waals surface area contributed by atoms with E-state index in [0.717, 1.165) is 29.5 Å². The fourth-order valence-corrected chi connectivity index (χ4v) is 3.42. The summed E-state index contributed by atoms with van der Waals surface area (Å²) >= 11 is 0. The fraction of sp³-hybridized carbons (Fsp3) is 0.200. The van der Waals surface area contributed by atoms with Crippen LogP contribution in [0.15, 0.2) is 66.7 Å². The zero-order valence-electron chi connectivity index (χ0n) is 12.4. The first-order chi connectivity index (χ1) is 10.8. The summed E-state index contributed by atoms with van der Waals surface area (Å²) in [7, 11) is 0. The van der Waals surface area contributed by atoms with Gasteiger partial charge in [-0.15, -0.1) is 0 Å². The molecule has 2 heteroatoms. The molecule has 3 aromatic rings. The van der Waals surface area contributed by atoms with Crippen molar-refractivity contribution in [3.63, 3.8) is 0 Å². The zero-order chi connectivity index (χ0) is 14.9. The predicted octanol–water partition coefficient (Wildman–Crippen LogP) is 4.30. The van der Waals surface area contributed by atoms with Crippen LogP contribution in [0.3, 0.4) is 0 Å². The highest BCUT2D eigenvalue weighted by Gasteiger charge is 2.26. The molecule has 0 saturated heterocycles. The van der Waals surface area contributed by atoms with E-state index in [1.807, 2.05) is 30.3 Å². The molecule has 1 heterocycles. The van der Waals surface area contributed by atoms with Crippen LogP contribution in [0.2, 0.25) is 0 Å². The Balaban J connectivity index is 1.68. The summed E-state index contributed by atoms with van der Waals surface area (Å²) in [6.45, 7) is 0. The number of fused-ring (bicyclic) bond motifs is 2. The van der Waals surface area contributed by atoms with E-state index in [2.05, 4.69) is 41.7 Å². The van der Waals surface area contributed by atoms with Crippen LogP contribution in [-0.4, -0.2) is 11.1 Å². The van der Waals surface area contributed by atoms with Gasteiger partial charge in [-0.2, -0.15) is 0 Å². The van der Waals surface area contributed by atoms with E-state index in [9.17, 15) is 5.11 Å². The van der Waals surface area contributed by atoms with Gasteiger partial charge >= 0.3 is 0 Å². The monoisotopic (exact) mass is 289 g/mol. The molecule has 0 amide bonds. The van der Waals surface area contributed by atoms with E-state index in [1.165, 1.54) is 10.9 Å². The molecule has 1 aliphatic rings. The molecule has 110 valence electrons. The number of rotatable bonds is 2. The van der Waals surface area contributed by atoms with E-state index >= 15 is 0 Å². The molecule has 0 aliphatic carbocycles. The van der Waals surface area contributed by atoms with Crippen molar-refractivity contribution in [2.45, 2.75) is 25.0 Å². The summed E-state index contributed by atoms with van der Waals surface area (Å²) in [5.74, 6) is 0. The SMILES string of the molecule is OC(c1cccc2ccccc12)C1CCc2ccccc2N1. The van der Waals surface area contributed by atoms with E-state index < -0.39 is 6.10 Å². The Kier molecular flexibility index (Phi) is 3.32. The molecule has 22 heavy (non-hydrogen) atoms. The lowest BCUT2D eigenvalue weighted by molar-refractivity contribution is 0.150. The molecule has 1 aliphatic heterocycles. The molecule has 2 unspecified atom stereocenters. The summed E-state index contributed by atoms with van der Waals surface area (Å²) in [6.07, 6.45) is 1.45. The van der Waals surface area contributed by atoms with E-state index in [-0.39, 0.29) is 6.04 Å². The molecule has 3 aromatic carbocycles. The molecule has 2 N–H and O–H groups in total. The van der Waals surface area contributed by atoms with Crippen LogP contribution in [-0.2, 0) is 6.42 Å². The largest absolute Gasteiger partial charge is 0.386 e. The van der Waals surface area contributed by atoms with E-state index in [0.29, 0.717) is 0 Å². The lowest BCUT2D eigenvalue weighted by Crippen LogP contribution is -2.31. The number of hydrogen-bond donors (Lipinski definition) is 2. The summed E-state index contributed by atoms with van der Waals surface area (Å²) in [5, 5.41) is 16.7. The fourth-order valence-electron chi connectivity index (χ4n) is 3.42. The first-order valence-corrected chi connectivity index (χ1v) is 7.83. The van der Waals surface area contributed by atoms with Gasteiger partial charge in [-0.1, -0.05) is 60.7 Å². The second-order valence-electron chi connectivity index (χ2n) is 5.96. The van der Waals surface area contributed by atoms with Crippen molar-refractivity contribution < 1.29 is 5.11 Å². The maximum Gasteiger partial charge on any atom is 0.0997 e. The minimum absolute atomic E-state index is 0.0562. The van der Waals surface area contributed by atoms with Gasteiger partial charge in [-0.25, -0.2) is 0 Å². The number of para-hydroxylation sites is 1. The maximum atomic E-state index is 10.9. The summed E-state index contributed by atoms with van der Waals surface area (Å²) < 4.78 is 0. The number of benzene rings is 3. The lowest BCUT2D eigenvalue weighted by Gasteiger charge is -2.31. The average Bonchev–Trinajstić information content (AvgIpc) is 2.60. The number of hydrogen-bond acceptors (Lipinski definition) is 2. The van der Waals surface area contributed by atoms with Crippen molar-refractivity contribution >= 4 is 16.5 Å². The van der Waals surface area contributed by atoms with Gasteiger partial charge in [0.15, 0.2) is 0 Å². The maximum absolute atomic E-state index is 10.9. The van der Waals surface area contributed by atoms with Crippen molar-refractivity contribution in [1.29, 1.82) is 0 Å². The Morgan fingerprint density at radius 1 is 0.909 bits per heavy atom. The van der Waals surface area contributed by atoms with Gasteiger partial charge in [-0.3, -0.25) is 0 Å². The first-order valence-electron chi connectivity index (χ1n) is 7.83. The van der Waals surface area contributed by atoms with Gasteiger partial charge in [-0.05, 0) is 40.8 Å². The van der Waals surface area contributed by atoms with Crippen LogP contribution >= 0.6 is 0 Å². The highest BCUT2D eigenvalue weighted by Crippen LogP contribution is 2.33. The molecule has 0 saturated carbocycles. The molecule has 0 radical (unpaired) electrons. The lowest BCUT2D eigenvalue weighted by atomic mass is 9.90. The minimum Gasteiger partial charge on any atom is -0.386 e. The van der Waals surface area contributed by atoms with E-state index in [1.54, 1.807) is 0 Å². The molecule has 2 nitrogen and oxygen atoms in total. The summed E-state index contributed by atoms with van der Waals surface area (Å²) in [5.41, 5.74) is 3.50. The Morgan fingerprint density at radius 3 is 2.64 bits per heavy atom. The Morgan fingerprint density at radius 2 is 1.68 bits per heavy atom. The number of aliphatic hydroxyl groups is 1. The number of aliphatic hydroxyl groups excluding tert-OH is 1. The molecule has 0 spiro atoms. The van der Waals surface area contributed by atoms with Crippen molar-refractivity contribution in [3.05, 3.63) is 77.9 Å². The molecule has 4 rings (SSSR count). The Bertz CT molecular complexity index is 806. The third-order valence-corrected chi connectivity index (χ3v) is 4.61. The summed E-state index contributed by atoms with van der Waals surface area (Å²) in [4.78, 5) is 0. The highest BCUT2D eigenvalue weighted by atomic mass is 16.3. The van der Waals surface area contributed by atoms with Gasteiger partial charge in [0.05, 0.1) is 12.1 Å². The van der Waals surface area contributed by atoms with Gasteiger partial charge in [0.25, 0.3) is 0 Å². The van der Waals surface area contributed by atoms with Crippen LogP contribution in [0.1, 0.15) is 23.7 Å². The Labute approximate surface area is 130 Å². The van der Waals surface area contributed by atoms with Crippen molar-refractivity contribution in [1.82, 2.24) is 0 Å². The minimum atomic E-state index is -0.501. The van der Waals surface area contributed by atoms with Crippen molar-refractivity contribution in [2.75, 3.05) is 5.32 Å². The molecule has 2 atom stereocenters. The van der Waals surface area contributed by atoms with Gasteiger partial charge in [0.2, 0.25) is 0 Å². The quantitative estimate of drug-likeness (QED) is 0.737. The van der Waals surface area contributed by atoms with Gasteiger partial charge in [0, 0.05) is 5.69 Å². The molecular formula is C20H19NO. The number of aryl methyl sites for hydroxylation is 1. The summed E-state index contributed by atoms with van der Waals surface area (Å²) in [6, 6.07) is 22.8. The Hall–Kier alpha value is -2.32. The smallest absolute Gasteiger partial charge is 0.0997 e. The van der Waals surface area contributed by atoms with Crippen LogP contribution in [0.25, 0.3) is 10.8 Å². The number of nitrogens with one attached hydrogen (secondary N) is 1. The van der Waals surface area contributed by atoms with Crippen LogP contribution in [0.5, 0.6) is 0 Å².